The molecule has 0 bridgehead atoms. The van der Waals surface area contributed by atoms with Crippen molar-refractivity contribution in [2.75, 3.05) is 7.11 Å². The lowest BCUT2D eigenvalue weighted by Crippen LogP contribution is -2.11. The third-order valence-electron chi connectivity index (χ3n) is 2.17. The fourth-order valence-electron chi connectivity index (χ4n) is 1.25. The van der Waals surface area contributed by atoms with Crippen LogP contribution in [-0.2, 0) is 4.74 Å². The van der Waals surface area contributed by atoms with Gasteiger partial charge in [0.15, 0.2) is 0 Å². The number of H-pyrrole nitrogens is 2. The summed E-state index contributed by atoms with van der Waals surface area (Å²) in [5.74, 6) is -1.67. The quantitative estimate of drug-likeness (QED) is 0.680. The Morgan fingerprint density at radius 2 is 1.43 bits per heavy atom. The lowest BCUT2D eigenvalue weighted by molar-refractivity contribution is 0.0593. The van der Waals surface area contributed by atoms with E-state index in [2.05, 4.69) is 14.7 Å². The van der Waals surface area contributed by atoms with Crippen molar-refractivity contribution >= 4 is 11.9 Å². The van der Waals surface area contributed by atoms with E-state index in [9.17, 15) is 19.2 Å². The summed E-state index contributed by atoms with van der Waals surface area (Å²) >= 11 is 0. The van der Waals surface area contributed by atoms with E-state index < -0.39 is 17.5 Å². The molecule has 3 N–H and O–H groups in total. The number of carboxylic acid groups (broad SMARTS) is 1. The number of ether oxygens (including phenoxy) is 1. The standard InChI is InChI=1S/C7H7NO3.C6H5NO3/c1-11-7(10)5-3-2-4-6(9)8-5;8-5-3-1-2-4(7-5)6(9)10/h2-4H,1H3,(H,8,9);1-3H,(H,7,8)(H,9,10). The van der Waals surface area contributed by atoms with Gasteiger partial charge in [-0.25, -0.2) is 9.59 Å². The Balaban J connectivity index is 0.000000211. The number of carbonyl (C=O) groups is 2. The van der Waals surface area contributed by atoms with Gasteiger partial charge in [-0.05, 0) is 12.1 Å². The highest BCUT2D eigenvalue weighted by Gasteiger charge is 2.03. The number of carbonyl (C=O) groups excluding carboxylic acids is 1. The van der Waals surface area contributed by atoms with Gasteiger partial charge in [0, 0.05) is 12.1 Å². The second-order valence-corrected chi connectivity index (χ2v) is 3.65. The Bertz CT molecular complexity index is 746. The summed E-state index contributed by atoms with van der Waals surface area (Å²) in [4.78, 5) is 46.6. The summed E-state index contributed by atoms with van der Waals surface area (Å²) in [6.45, 7) is 0. The van der Waals surface area contributed by atoms with E-state index >= 15 is 0 Å². The molecule has 21 heavy (non-hydrogen) atoms. The Kier molecular flexibility index (Phi) is 5.63. The summed E-state index contributed by atoms with van der Waals surface area (Å²) in [6, 6.07) is 8.27. The Morgan fingerprint density at radius 1 is 0.952 bits per heavy atom. The van der Waals surface area contributed by atoms with E-state index in [4.69, 9.17) is 5.11 Å². The molecule has 0 aliphatic rings. The van der Waals surface area contributed by atoms with Crippen LogP contribution in [0, 0.1) is 0 Å². The minimum Gasteiger partial charge on any atom is -0.477 e. The lowest BCUT2D eigenvalue weighted by Gasteiger charge is -1.95. The number of pyridine rings is 2. The highest BCUT2D eigenvalue weighted by molar-refractivity contribution is 5.86. The number of hydrogen-bond acceptors (Lipinski definition) is 5. The molecule has 0 unspecified atom stereocenters. The van der Waals surface area contributed by atoms with Crippen LogP contribution in [-0.4, -0.2) is 34.1 Å². The molecule has 2 rings (SSSR count). The summed E-state index contributed by atoms with van der Waals surface area (Å²) in [5, 5.41) is 8.34. The number of aromatic amines is 2. The summed E-state index contributed by atoms with van der Waals surface area (Å²) in [6.07, 6.45) is 0. The van der Waals surface area contributed by atoms with E-state index in [1.165, 1.54) is 43.5 Å². The number of carboxylic acids is 1. The largest absolute Gasteiger partial charge is 0.477 e. The molecule has 8 heteroatoms. The van der Waals surface area contributed by atoms with Crippen LogP contribution < -0.4 is 11.1 Å². The van der Waals surface area contributed by atoms with Crippen molar-refractivity contribution in [3.05, 3.63) is 68.5 Å². The average molecular weight is 292 g/mol. The van der Waals surface area contributed by atoms with Gasteiger partial charge in [-0.3, -0.25) is 9.59 Å². The molecule has 0 saturated heterocycles. The van der Waals surface area contributed by atoms with E-state index in [1.807, 2.05) is 0 Å². The van der Waals surface area contributed by atoms with Crippen molar-refractivity contribution < 1.29 is 19.4 Å². The second-order valence-electron chi connectivity index (χ2n) is 3.65. The van der Waals surface area contributed by atoms with Crippen molar-refractivity contribution in [3.63, 3.8) is 0 Å². The first-order valence-electron chi connectivity index (χ1n) is 5.64. The van der Waals surface area contributed by atoms with Crippen LogP contribution in [0.2, 0.25) is 0 Å². The Morgan fingerprint density at radius 3 is 1.81 bits per heavy atom. The molecular formula is C13H12N2O6. The van der Waals surface area contributed by atoms with Crippen molar-refractivity contribution in [1.82, 2.24) is 9.97 Å². The average Bonchev–Trinajstić information content (AvgIpc) is 2.47. The maximum Gasteiger partial charge on any atom is 0.354 e. The number of methoxy groups -OCH3 is 1. The van der Waals surface area contributed by atoms with Crippen molar-refractivity contribution in [1.29, 1.82) is 0 Å². The molecule has 2 aromatic rings. The van der Waals surface area contributed by atoms with Crippen LogP contribution in [0.3, 0.4) is 0 Å². The topological polar surface area (TPSA) is 129 Å². The minimum absolute atomic E-state index is 0.0903. The van der Waals surface area contributed by atoms with Crippen molar-refractivity contribution in [3.8, 4) is 0 Å². The van der Waals surface area contributed by atoms with Gasteiger partial charge >= 0.3 is 11.9 Å². The minimum atomic E-state index is -1.13. The molecule has 2 heterocycles. The summed E-state index contributed by atoms with van der Waals surface area (Å²) in [5.41, 5.74) is -0.639. The molecule has 0 spiro atoms. The predicted octanol–water partition coefficient (Wildman–Crippen LogP) is 0.235. The molecule has 2 aromatic heterocycles. The third-order valence-corrected chi connectivity index (χ3v) is 2.17. The fraction of sp³-hybridized carbons (Fsp3) is 0.0769. The van der Waals surface area contributed by atoms with Crippen molar-refractivity contribution in [2.24, 2.45) is 0 Å². The van der Waals surface area contributed by atoms with Crippen molar-refractivity contribution in [2.45, 2.75) is 0 Å². The Labute approximate surface area is 118 Å². The van der Waals surface area contributed by atoms with Gasteiger partial charge in [0.05, 0.1) is 7.11 Å². The first-order chi connectivity index (χ1) is 9.93. The summed E-state index contributed by atoms with van der Waals surface area (Å²) in [7, 11) is 1.26. The van der Waals surface area contributed by atoms with Gasteiger partial charge in [-0.1, -0.05) is 12.1 Å². The monoisotopic (exact) mass is 292 g/mol. The van der Waals surface area contributed by atoms with Gasteiger partial charge in [0.25, 0.3) is 0 Å². The van der Waals surface area contributed by atoms with Gasteiger partial charge in [0.2, 0.25) is 11.1 Å². The number of aromatic nitrogens is 2. The SMILES string of the molecule is COC(=O)c1cccc(=O)[nH]1.O=C(O)c1cccc(=O)[nH]1. The molecule has 0 saturated carbocycles. The maximum atomic E-state index is 10.8. The van der Waals surface area contributed by atoms with E-state index in [0.29, 0.717) is 0 Å². The predicted molar refractivity (Wildman–Crippen MR) is 72.4 cm³/mol. The molecule has 0 radical (unpaired) electrons. The molecular weight excluding hydrogens is 280 g/mol. The van der Waals surface area contributed by atoms with Gasteiger partial charge in [0.1, 0.15) is 11.4 Å². The van der Waals surface area contributed by atoms with Crippen LogP contribution in [0.5, 0.6) is 0 Å². The molecule has 0 aliphatic carbocycles. The normalized spacial score (nSPS) is 9.19. The molecule has 0 atom stereocenters. The number of hydrogen-bond donors (Lipinski definition) is 3. The number of esters is 1. The number of aromatic carboxylic acids is 1. The zero-order chi connectivity index (χ0) is 15.8. The fourth-order valence-corrected chi connectivity index (χ4v) is 1.25. The molecule has 0 aliphatic heterocycles. The van der Waals surface area contributed by atoms with Gasteiger partial charge in [-0.2, -0.15) is 0 Å². The zero-order valence-electron chi connectivity index (χ0n) is 11.0. The summed E-state index contributed by atoms with van der Waals surface area (Å²) < 4.78 is 4.38. The highest BCUT2D eigenvalue weighted by atomic mass is 16.5. The molecule has 0 amide bonds. The van der Waals surface area contributed by atoms with Crippen LogP contribution in [0.4, 0.5) is 0 Å². The molecule has 8 nitrogen and oxygen atoms in total. The van der Waals surface area contributed by atoms with Crippen LogP contribution in [0.15, 0.2) is 46.0 Å². The van der Waals surface area contributed by atoms with Gasteiger partial charge < -0.3 is 19.8 Å². The van der Waals surface area contributed by atoms with E-state index in [1.54, 1.807) is 0 Å². The first-order valence-corrected chi connectivity index (χ1v) is 5.64. The Hall–Kier alpha value is -3.16. The second kappa shape index (κ2) is 7.43. The molecule has 0 aromatic carbocycles. The van der Waals surface area contributed by atoms with Crippen LogP contribution in [0.25, 0.3) is 0 Å². The lowest BCUT2D eigenvalue weighted by atomic mass is 10.3. The number of rotatable bonds is 2. The van der Waals surface area contributed by atoms with Gasteiger partial charge in [-0.15, -0.1) is 0 Å². The maximum absolute atomic E-state index is 10.8. The zero-order valence-corrected chi connectivity index (χ0v) is 11.0. The van der Waals surface area contributed by atoms with E-state index in [0.717, 1.165) is 0 Å². The third kappa shape index (κ3) is 5.15. The molecule has 0 fully saturated rings. The van der Waals surface area contributed by atoms with E-state index in [-0.39, 0.29) is 16.9 Å². The van der Waals surface area contributed by atoms with Crippen LogP contribution >= 0.6 is 0 Å². The highest BCUT2D eigenvalue weighted by Crippen LogP contribution is 1.91. The van der Waals surface area contributed by atoms with Crippen LogP contribution in [0.1, 0.15) is 21.0 Å². The molecule has 110 valence electrons. The first kappa shape index (κ1) is 15.9. The number of nitrogens with one attached hydrogen (secondary N) is 2. The smallest absolute Gasteiger partial charge is 0.354 e.